The van der Waals surface area contributed by atoms with Gasteiger partial charge in [0.15, 0.2) is 10.7 Å². The molecular formula is C19H22ClF3N4O3S. The molecule has 0 radical (unpaired) electrons. The van der Waals surface area contributed by atoms with Crippen LogP contribution in [0.15, 0.2) is 29.2 Å². The largest absolute Gasteiger partial charge is 0.379 e. The van der Waals surface area contributed by atoms with Crippen LogP contribution in [0.25, 0.3) is 0 Å². The van der Waals surface area contributed by atoms with Crippen molar-refractivity contribution in [3.8, 4) is 0 Å². The van der Waals surface area contributed by atoms with Crippen molar-refractivity contribution < 1.29 is 26.3 Å². The first-order chi connectivity index (χ1) is 14.5. The van der Waals surface area contributed by atoms with E-state index in [4.69, 9.17) is 16.3 Å². The summed E-state index contributed by atoms with van der Waals surface area (Å²) in [5, 5.41) is -0.533. The number of halogens is 4. The topological polar surface area (TPSA) is 74.8 Å². The molecule has 0 unspecified atom stereocenters. The molecule has 2 heterocycles. The lowest BCUT2D eigenvalue weighted by Crippen LogP contribution is -2.30. The van der Waals surface area contributed by atoms with Gasteiger partial charge < -0.3 is 14.5 Å². The van der Waals surface area contributed by atoms with Crippen molar-refractivity contribution in [2.75, 3.05) is 50.5 Å². The standard InChI is InChI=1S/C19H22ClF3N4O3S/c1-26(2)8-11-9-27(10-14(11)30-3)13-7-12(21)19(18(23)17(13)20)31(28,29)25-16-6-4-5-15(22)24-16/h4-7,11,14H,8-10H2,1-3H3,(H,24,25)/t11-,14+/m1/s1. The zero-order valence-electron chi connectivity index (χ0n) is 17.1. The summed E-state index contributed by atoms with van der Waals surface area (Å²) in [6, 6.07) is 4.22. The second-order valence-electron chi connectivity index (χ2n) is 7.49. The minimum atomic E-state index is -4.76. The Kier molecular flexibility index (Phi) is 6.99. The van der Waals surface area contributed by atoms with Gasteiger partial charge in [-0.25, -0.2) is 22.2 Å². The molecule has 1 aromatic heterocycles. The Morgan fingerprint density at radius 3 is 2.61 bits per heavy atom. The van der Waals surface area contributed by atoms with Crippen LogP contribution in [0.5, 0.6) is 0 Å². The van der Waals surface area contributed by atoms with Gasteiger partial charge in [-0.2, -0.15) is 4.39 Å². The fourth-order valence-corrected chi connectivity index (χ4v) is 5.11. The van der Waals surface area contributed by atoms with Crippen molar-refractivity contribution in [3.05, 3.63) is 46.9 Å². The predicted molar refractivity (Wildman–Crippen MR) is 111 cm³/mol. The lowest BCUT2D eigenvalue weighted by molar-refractivity contribution is 0.0733. The molecule has 0 spiro atoms. The summed E-state index contributed by atoms with van der Waals surface area (Å²) < 4.78 is 75.5. The molecule has 1 fully saturated rings. The molecule has 0 aliphatic carbocycles. The number of nitrogens with zero attached hydrogens (tertiary/aromatic N) is 3. The van der Waals surface area contributed by atoms with Gasteiger partial charge in [-0.3, -0.25) is 4.72 Å². The van der Waals surface area contributed by atoms with E-state index in [9.17, 15) is 21.6 Å². The fraction of sp³-hybridized carbons (Fsp3) is 0.421. The van der Waals surface area contributed by atoms with Gasteiger partial charge in [-0.1, -0.05) is 17.7 Å². The highest BCUT2D eigenvalue weighted by Gasteiger charge is 2.36. The Bertz CT molecular complexity index is 1070. The van der Waals surface area contributed by atoms with Crippen LogP contribution in [-0.4, -0.2) is 65.2 Å². The molecule has 170 valence electrons. The monoisotopic (exact) mass is 478 g/mol. The first-order valence-electron chi connectivity index (χ1n) is 9.28. The highest BCUT2D eigenvalue weighted by molar-refractivity contribution is 7.92. The summed E-state index contributed by atoms with van der Waals surface area (Å²) in [7, 11) is 0.606. The number of rotatable bonds is 7. The van der Waals surface area contributed by atoms with Gasteiger partial charge >= 0.3 is 0 Å². The van der Waals surface area contributed by atoms with Crippen LogP contribution in [0.2, 0.25) is 5.02 Å². The van der Waals surface area contributed by atoms with Crippen LogP contribution in [0, 0.1) is 23.5 Å². The van der Waals surface area contributed by atoms with Crippen molar-refractivity contribution in [3.63, 3.8) is 0 Å². The highest BCUT2D eigenvalue weighted by Crippen LogP contribution is 2.37. The van der Waals surface area contributed by atoms with Crippen molar-refractivity contribution in [1.29, 1.82) is 0 Å². The molecule has 1 aromatic carbocycles. The lowest BCUT2D eigenvalue weighted by Gasteiger charge is -2.22. The van der Waals surface area contributed by atoms with Crippen LogP contribution in [0.3, 0.4) is 0 Å². The average Bonchev–Trinajstić information content (AvgIpc) is 3.06. The number of hydrogen-bond donors (Lipinski definition) is 1. The number of nitrogens with one attached hydrogen (secondary N) is 1. The molecule has 2 atom stereocenters. The molecule has 31 heavy (non-hydrogen) atoms. The number of methoxy groups -OCH3 is 1. The summed E-state index contributed by atoms with van der Waals surface area (Å²) in [5.41, 5.74) is 0.0304. The zero-order valence-corrected chi connectivity index (χ0v) is 18.6. The molecule has 7 nitrogen and oxygen atoms in total. The zero-order chi connectivity index (χ0) is 22.9. The number of benzene rings is 1. The predicted octanol–water partition coefficient (Wildman–Crippen LogP) is 2.97. The number of sulfonamides is 1. The molecule has 0 amide bonds. The quantitative estimate of drug-likeness (QED) is 0.487. The van der Waals surface area contributed by atoms with E-state index < -0.39 is 43.3 Å². The molecule has 12 heteroatoms. The third kappa shape index (κ3) is 5.05. The molecule has 1 aliphatic rings. The van der Waals surface area contributed by atoms with E-state index >= 15 is 0 Å². The minimum absolute atomic E-state index is 0.0304. The second-order valence-corrected chi connectivity index (χ2v) is 9.48. The van der Waals surface area contributed by atoms with Gasteiger partial charge in [-0.05, 0) is 26.2 Å². The molecule has 3 rings (SSSR count). The first kappa shape index (κ1) is 23.6. The number of ether oxygens (including phenoxy) is 1. The smallest absolute Gasteiger partial charge is 0.268 e. The van der Waals surface area contributed by atoms with Gasteiger partial charge in [0.25, 0.3) is 10.0 Å². The van der Waals surface area contributed by atoms with E-state index in [1.54, 1.807) is 12.0 Å². The molecule has 1 N–H and O–H groups in total. The summed E-state index contributed by atoms with van der Waals surface area (Å²) in [5.74, 6) is -4.08. The van der Waals surface area contributed by atoms with Gasteiger partial charge in [0, 0.05) is 38.7 Å². The van der Waals surface area contributed by atoms with Gasteiger partial charge in [-0.15, -0.1) is 0 Å². The van der Waals surface area contributed by atoms with Crippen LogP contribution in [0.4, 0.5) is 24.7 Å². The normalized spacial score (nSPS) is 19.3. The highest BCUT2D eigenvalue weighted by atomic mass is 35.5. The maximum absolute atomic E-state index is 15.0. The van der Waals surface area contributed by atoms with Gasteiger partial charge in [0.1, 0.15) is 16.7 Å². The number of hydrogen-bond acceptors (Lipinski definition) is 6. The van der Waals surface area contributed by atoms with Crippen molar-refractivity contribution in [2.45, 2.75) is 11.0 Å². The number of aromatic nitrogens is 1. The van der Waals surface area contributed by atoms with Crippen molar-refractivity contribution >= 4 is 33.1 Å². The number of pyridine rings is 1. The lowest BCUT2D eigenvalue weighted by atomic mass is 10.1. The molecule has 0 saturated carbocycles. The third-order valence-corrected chi connectivity index (χ3v) is 6.69. The summed E-state index contributed by atoms with van der Waals surface area (Å²) in [6.07, 6.45) is -0.186. The van der Waals surface area contributed by atoms with E-state index in [0.29, 0.717) is 19.6 Å². The van der Waals surface area contributed by atoms with Crippen LogP contribution in [0.1, 0.15) is 0 Å². The van der Waals surface area contributed by atoms with Gasteiger partial charge in [0.2, 0.25) is 5.95 Å². The minimum Gasteiger partial charge on any atom is -0.379 e. The molecule has 1 saturated heterocycles. The SMILES string of the molecule is CO[C@H]1CN(c2cc(F)c(S(=O)(=O)Nc3cccc(F)n3)c(F)c2Cl)C[C@H]1CN(C)C. The molecule has 1 aliphatic heterocycles. The van der Waals surface area contributed by atoms with Crippen molar-refractivity contribution in [2.24, 2.45) is 5.92 Å². The van der Waals surface area contributed by atoms with Crippen LogP contribution < -0.4 is 9.62 Å². The Morgan fingerprint density at radius 1 is 1.29 bits per heavy atom. The van der Waals surface area contributed by atoms with E-state index in [1.165, 1.54) is 6.07 Å². The Labute approximate surface area is 183 Å². The molecular weight excluding hydrogens is 457 g/mol. The van der Waals surface area contributed by atoms with Crippen molar-refractivity contribution in [1.82, 2.24) is 9.88 Å². The molecule has 0 bridgehead atoms. The maximum atomic E-state index is 15.0. The van der Waals surface area contributed by atoms with Gasteiger partial charge in [0.05, 0.1) is 11.8 Å². The van der Waals surface area contributed by atoms with E-state index in [2.05, 4.69) is 4.98 Å². The van der Waals surface area contributed by atoms with Crippen LogP contribution >= 0.6 is 11.6 Å². The van der Waals surface area contributed by atoms with E-state index in [0.717, 1.165) is 18.2 Å². The Hall–Kier alpha value is -2.08. The Morgan fingerprint density at radius 2 is 2.00 bits per heavy atom. The maximum Gasteiger partial charge on any atom is 0.268 e. The molecule has 2 aromatic rings. The summed E-state index contributed by atoms with van der Waals surface area (Å²) in [6.45, 7) is 1.45. The van der Waals surface area contributed by atoms with Crippen LogP contribution in [-0.2, 0) is 14.8 Å². The number of anilines is 2. The fourth-order valence-electron chi connectivity index (χ4n) is 3.65. The van der Waals surface area contributed by atoms with E-state index in [1.807, 2.05) is 23.7 Å². The summed E-state index contributed by atoms with van der Waals surface area (Å²) >= 11 is 6.13. The summed E-state index contributed by atoms with van der Waals surface area (Å²) in [4.78, 5) is 5.71. The van der Waals surface area contributed by atoms with E-state index in [-0.39, 0.29) is 17.7 Å². The Balaban J connectivity index is 1.94. The first-order valence-corrected chi connectivity index (χ1v) is 11.1. The third-order valence-electron chi connectivity index (χ3n) is 4.94. The second kappa shape index (κ2) is 9.19. The average molecular weight is 479 g/mol.